The lowest BCUT2D eigenvalue weighted by molar-refractivity contribution is -0.122. The van der Waals surface area contributed by atoms with Crippen molar-refractivity contribution in [3.63, 3.8) is 0 Å². The zero-order chi connectivity index (χ0) is 12.5. The Morgan fingerprint density at radius 2 is 1.71 bits per heavy atom. The third kappa shape index (κ3) is 6.67. The van der Waals surface area contributed by atoms with Crippen molar-refractivity contribution in [3.8, 4) is 0 Å². The van der Waals surface area contributed by atoms with Crippen LogP contribution in [0.1, 0.15) is 64.7 Å². The highest BCUT2D eigenvalue weighted by Gasteiger charge is 2.35. The number of carbonyl (C=O) groups is 1. The molecule has 2 atom stereocenters. The molecule has 0 aromatic carbocycles. The van der Waals surface area contributed by atoms with Crippen molar-refractivity contribution in [2.75, 3.05) is 6.61 Å². The standard InChI is InChI=1S/C14H27NO2/c1-2-3-4-5-6-7-8-9-10-12(14(15)16)13-11-17-13/h12-13H,2-11H2,1H3,(H2,15,16). The molecule has 3 nitrogen and oxygen atoms in total. The summed E-state index contributed by atoms with van der Waals surface area (Å²) in [5, 5.41) is 0. The van der Waals surface area contributed by atoms with Gasteiger partial charge in [-0.25, -0.2) is 0 Å². The minimum Gasteiger partial charge on any atom is -0.372 e. The van der Waals surface area contributed by atoms with Gasteiger partial charge in [-0.1, -0.05) is 58.3 Å². The zero-order valence-corrected chi connectivity index (χ0v) is 11.1. The number of ether oxygens (including phenoxy) is 1. The van der Waals surface area contributed by atoms with Gasteiger partial charge in [-0.2, -0.15) is 0 Å². The first-order valence-corrected chi connectivity index (χ1v) is 7.16. The Labute approximate surface area is 105 Å². The van der Waals surface area contributed by atoms with Gasteiger partial charge < -0.3 is 10.5 Å². The summed E-state index contributed by atoms with van der Waals surface area (Å²) in [5.74, 6) is -0.217. The predicted molar refractivity (Wildman–Crippen MR) is 69.7 cm³/mol. The smallest absolute Gasteiger partial charge is 0.223 e. The molecular weight excluding hydrogens is 214 g/mol. The van der Waals surface area contributed by atoms with E-state index in [1.165, 1.54) is 44.9 Å². The summed E-state index contributed by atoms with van der Waals surface area (Å²) in [6.45, 7) is 2.97. The molecule has 1 rings (SSSR count). The first kappa shape index (κ1) is 14.5. The van der Waals surface area contributed by atoms with Crippen LogP contribution in [0.4, 0.5) is 0 Å². The Kier molecular flexibility index (Phi) is 7.25. The van der Waals surface area contributed by atoms with Crippen LogP contribution >= 0.6 is 0 Å². The van der Waals surface area contributed by atoms with Crippen molar-refractivity contribution in [2.24, 2.45) is 11.7 Å². The molecule has 1 aliphatic heterocycles. The largest absolute Gasteiger partial charge is 0.372 e. The van der Waals surface area contributed by atoms with Crippen LogP contribution in [-0.2, 0) is 9.53 Å². The lowest BCUT2D eigenvalue weighted by Crippen LogP contribution is -2.27. The third-order valence-electron chi connectivity index (χ3n) is 3.54. The van der Waals surface area contributed by atoms with Crippen molar-refractivity contribution in [2.45, 2.75) is 70.8 Å². The van der Waals surface area contributed by atoms with Gasteiger partial charge in [0, 0.05) is 0 Å². The normalized spacial score (nSPS) is 20.2. The van der Waals surface area contributed by atoms with Crippen molar-refractivity contribution >= 4 is 5.91 Å². The number of hydrogen-bond acceptors (Lipinski definition) is 2. The van der Waals surface area contributed by atoms with Gasteiger partial charge in [0.1, 0.15) is 0 Å². The van der Waals surface area contributed by atoms with Crippen LogP contribution in [0.2, 0.25) is 0 Å². The second-order valence-corrected chi connectivity index (χ2v) is 5.14. The van der Waals surface area contributed by atoms with Gasteiger partial charge in [0.2, 0.25) is 5.91 Å². The minimum atomic E-state index is -0.185. The maximum absolute atomic E-state index is 11.2. The lowest BCUT2D eigenvalue weighted by atomic mass is 9.97. The molecule has 0 aromatic heterocycles. The fourth-order valence-electron chi connectivity index (χ4n) is 2.30. The van der Waals surface area contributed by atoms with E-state index in [0.717, 1.165) is 19.4 Å². The number of rotatable bonds is 11. The molecule has 3 heteroatoms. The Morgan fingerprint density at radius 1 is 1.18 bits per heavy atom. The second kappa shape index (κ2) is 8.51. The average Bonchev–Trinajstić information content (AvgIpc) is 3.10. The molecule has 0 aliphatic carbocycles. The van der Waals surface area contributed by atoms with E-state index in [2.05, 4.69) is 6.92 Å². The zero-order valence-electron chi connectivity index (χ0n) is 11.1. The fourth-order valence-corrected chi connectivity index (χ4v) is 2.30. The summed E-state index contributed by atoms with van der Waals surface area (Å²) < 4.78 is 5.15. The molecule has 17 heavy (non-hydrogen) atoms. The Morgan fingerprint density at radius 3 is 2.18 bits per heavy atom. The van der Waals surface area contributed by atoms with E-state index in [9.17, 15) is 4.79 Å². The van der Waals surface area contributed by atoms with Crippen molar-refractivity contribution in [1.82, 2.24) is 0 Å². The molecule has 0 radical (unpaired) electrons. The molecule has 0 saturated carbocycles. The maximum Gasteiger partial charge on any atom is 0.223 e. The van der Waals surface area contributed by atoms with E-state index >= 15 is 0 Å². The van der Waals surface area contributed by atoms with Crippen molar-refractivity contribution in [3.05, 3.63) is 0 Å². The first-order chi connectivity index (χ1) is 8.25. The highest BCUT2D eigenvalue weighted by molar-refractivity contribution is 5.77. The molecular formula is C14H27NO2. The van der Waals surface area contributed by atoms with Gasteiger partial charge >= 0.3 is 0 Å². The Balaban J connectivity index is 1.90. The van der Waals surface area contributed by atoms with E-state index in [1.807, 2.05) is 0 Å². The minimum absolute atomic E-state index is 0.0323. The molecule has 1 aliphatic rings. The third-order valence-corrected chi connectivity index (χ3v) is 3.54. The second-order valence-electron chi connectivity index (χ2n) is 5.14. The van der Waals surface area contributed by atoms with Gasteiger partial charge in [-0.15, -0.1) is 0 Å². The number of amides is 1. The van der Waals surface area contributed by atoms with Crippen molar-refractivity contribution < 1.29 is 9.53 Å². The summed E-state index contributed by atoms with van der Waals surface area (Å²) in [7, 11) is 0. The molecule has 0 bridgehead atoms. The van der Waals surface area contributed by atoms with Gasteiger partial charge in [0.05, 0.1) is 18.6 Å². The molecule has 1 heterocycles. The Hall–Kier alpha value is -0.570. The van der Waals surface area contributed by atoms with Crippen molar-refractivity contribution in [1.29, 1.82) is 0 Å². The number of hydrogen-bond donors (Lipinski definition) is 1. The van der Waals surface area contributed by atoms with Crippen LogP contribution in [-0.4, -0.2) is 18.6 Å². The van der Waals surface area contributed by atoms with Crippen LogP contribution in [0.25, 0.3) is 0 Å². The van der Waals surface area contributed by atoms with Gasteiger partial charge in [0.25, 0.3) is 0 Å². The fraction of sp³-hybridized carbons (Fsp3) is 0.929. The summed E-state index contributed by atoms with van der Waals surface area (Å²) in [5.41, 5.74) is 5.35. The topological polar surface area (TPSA) is 55.6 Å². The van der Waals surface area contributed by atoms with E-state index < -0.39 is 0 Å². The molecule has 100 valence electrons. The first-order valence-electron chi connectivity index (χ1n) is 7.16. The van der Waals surface area contributed by atoms with E-state index in [1.54, 1.807) is 0 Å². The van der Waals surface area contributed by atoms with E-state index in [0.29, 0.717) is 0 Å². The van der Waals surface area contributed by atoms with Crippen LogP contribution in [0.15, 0.2) is 0 Å². The summed E-state index contributed by atoms with van der Waals surface area (Å²) in [6, 6.07) is 0. The molecule has 1 amide bonds. The van der Waals surface area contributed by atoms with Crippen LogP contribution < -0.4 is 5.73 Å². The lowest BCUT2D eigenvalue weighted by Gasteiger charge is -2.09. The average molecular weight is 241 g/mol. The molecule has 0 aromatic rings. The maximum atomic E-state index is 11.2. The summed E-state index contributed by atoms with van der Waals surface area (Å²) in [4.78, 5) is 11.2. The highest BCUT2D eigenvalue weighted by atomic mass is 16.6. The van der Waals surface area contributed by atoms with Crippen LogP contribution in [0.3, 0.4) is 0 Å². The highest BCUT2D eigenvalue weighted by Crippen LogP contribution is 2.25. The number of epoxide rings is 1. The van der Waals surface area contributed by atoms with Gasteiger partial charge in [0.15, 0.2) is 0 Å². The van der Waals surface area contributed by atoms with E-state index in [4.69, 9.17) is 10.5 Å². The predicted octanol–water partition coefficient (Wildman–Crippen LogP) is 3.02. The van der Waals surface area contributed by atoms with Crippen LogP contribution in [0, 0.1) is 5.92 Å². The monoisotopic (exact) mass is 241 g/mol. The SMILES string of the molecule is CCCCCCCCCCC(C(N)=O)C1CO1. The number of carbonyl (C=O) groups excluding carboxylic acids is 1. The van der Waals surface area contributed by atoms with E-state index in [-0.39, 0.29) is 17.9 Å². The summed E-state index contributed by atoms with van der Waals surface area (Å²) in [6.07, 6.45) is 11.4. The number of unbranched alkanes of at least 4 members (excludes halogenated alkanes) is 7. The van der Waals surface area contributed by atoms with Crippen LogP contribution in [0.5, 0.6) is 0 Å². The quantitative estimate of drug-likeness (QED) is 0.446. The molecule has 0 spiro atoms. The number of primary amides is 1. The Bertz CT molecular complexity index is 214. The van der Waals surface area contributed by atoms with Gasteiger partial charge in [-0.3, -0.25) is 4.79 Å². The molecule has 2 N–H and O–H groups in total. The summed E-state index contributed by atoms with van der Waals surface area (Å²) >= 11 is 0. The number of nitrogens with two attached hydrogens (primary N) is 1. The molecule has 1 fully saturated rings. The molecule has 1 saturated heterocycles. The molecule has 2 unspecified atom stereocenters. The van der Waals surface area contributed by atoms with Gasteiger partial charge in [-0.05, 0) is 6.42 Å².